The SMILES string of the molecule is Nc1c(OC2CC2)ccnc1[N+](=O)[O-]. The number of pyridine rings is 1. The molecule has 2 rings (SSSR count). The number of nitrogens with zero attached hydrogens (tertiary/aromatic N) is 2. The molecule has 0 spiro atoms. The van der Waals surface area contributed by atoms with E-state index in [1.807, 2.05) is 0 Å². The Labute approximate surface area is 79.8 Å². The summed E-state index contributed by atoms with van der Waals surface area (Å²) in [6.07, 6.45) is 3.46. The zero-order valence-electron chi connectivity index (χ0n) is 7.34. The Morgan fingerprint density at radius 1 is 1.64 bits per heavy atom. The van der Waals surface area contributed by atoms with Crippen LogP contribution in [-0.2, 0) is 0 Å². The normalized spacial score (nSPS) is 15.1. The first-order chi connectivity index (χ1) is 6.68. The summed E-state index contributed by atoms with van der Waals surface area (Å²) in [7, 11) is 0. The molecule has 1 fully saturated rings. The van der Waals surface area contributed by atoms with Gasteiger partial charge >= 0.3 is 5.82 Å². The van der Waals surface area contributed by atoms with Crippen LogP contribution in [0.25, 0.3) is 0 Å². The maximum Gasteiger partial charge on any atom is 0.390 e. The van der Waals surface area contributed by atoms with E-state index in [2.05, 4.69) is 4.98 Å². The smallest absolute Gasteiger partial charge is 0.390 e. The number of hydrogen-bond acceptors (Lipinski definition) is 5. The minimum atomic E-state index is -0.616. The molecule has 0 bridgehead atoms. The molecule has 0 unspecified atom stereocenters. The van der Waals surface area contributed by atoms with Gasteiger partial charge in [0.15, 0.2) is 11.4 Å². The number of aromatic nitrogens is 1. The van der Waals surface area contributed by atoms with E-state index in [1.165, 1.54) is 6.20 Å². The number of nitrogen functional groups attached to an aromatic ring is 1. The zero-order valence-corrected chi connectivity index (χ0v) is 7.34. The highest BCUT2D eigenvalue weighted by Crippen LogP contribution is 2.33. The van der Waals surface area contributed by atoms with Crippen LogP contribution in [-0.4, -0.2) is 16.0 Å². The Morgan fingerprint density at radius 3 is 2.93 bits per heavy atom. The van der Waals surface area contributed by atoms with Gasteiger partial charge in [-0.15, -0.1) is 0 Å². The molecule has 1 aromatic heterocycles. The Kier molecular flexibility index (Phi) is 1.95. The van der Waals surface area contributed by atoms with Gasteiger partial charge in [0.1, 0.15) is 6.20 Å². The zero-order chi connectivity index (χ0) is 10.1. The quantitative estimate of drug-likeness (QED) is 0.576. The van der Waals surface area contributed by atoms with E-state index in [4.69, 9.17) is 10.5 Å². The van der Waals surface area contributed by atoms with E-state index in [0.29, 0.717) is 5.75 Å². The fraction of sp³-hybridized carbons (Fsp3) is 0.375. The molecule has 1 aliphatic carbocycles. The molecule has 0 amide bonds. The molecule has 0 saturated heterocycles. The van der Waals surface area contributed by atoms with Gasteiger partial charge in [-0.2, -0.15) is 0 Å². The fourth-order valence-electron chi connectivity index (χ4n) is 1.06. The number of ether oxygens (including phenoxy) is 1. The first-order valence-corrected chi connectivity index (χ1v) is 4.24. The van der Waals surface area contributed by atoms with Crippen molar-refractivity contribution in [3.8, 4) is 5.75 Å². The van der Waals surface area contributed by atoms with Crippen LogP contribution >= 0.6 is 0 Å². The lowest BCUT2D eigenvalue weighted by molar-refractivity contribution is -0.388. The third kappa shape index (κ3) is 1.59. The third-order valence-corrected chi connectivity index (χ3v) is 1.92. The van der Waals surface area contributed by atoms with Crippen molar-refractivity contribution in [1.82, 2.24) is 4.98 Å². The standard InChI is InChI=1S/C8H9N3O3/c9-7-6(14-5-1-2-5)3-4-10-8(7)11(12)13/h3-5H,1-2,9H2. The minimum Gasteiger partial charge on any atom is -0.488 e. The summed E-state index contributed by atoms with van der Waals surface area (Å²) in [6.45, 7) is 0. The number of nitrogens with two attached hydrogens (primary N) is 1. The van der Waals surface area contributed by atoms with Gasteiger partial charge in [-0.25, -0.2) is 0 Å². The van der Waals surface area contributed by atoms with Crippen molar-refractivity contribution in [1.29, 1.82) is 0 Å². The summed E-state index contributed by atoms with van der Waals surface area (Å²) in [6, 6.07) is 1.54. The second-order valence-electron chi connectivity index (χ2n) is 3.12. The second-order valence-corrected chi connectivity index (χ2v) is 3.12. The molecule has 1 aromatic rings. The van der Waals surface area contributed by atoms with Crippen molar-refractivity contribution in [2.75, 3.05) is 5.73 Å². The molecule has 1 aliphatic rings. The molecule has 2 N–H and O–H groups in total. The van der Waals surface area contributed by atoms with Crippen molar-refractivity contribution in [3.05, 3.63) is 22.4 Å². The van der Waals surface area contributed by atoms with E-state index >= 15 is 0 Å². The molecule has 14 heavy (non-hydrogen) atoms. The lowest BCUT2D eigenvalue weighted by Gasteiger charge is -2.05. The van der Waals surface area contributed by atoms with Gasteiger partial charge in [0.2, 0.25) is 0 Å². The van der Waals surface area contributed by atoms with Crippen LogP contribution in [0.5, 0.6) is 5.75 Å². The topological polar surface area (TPSA) is 91.3 Å². The molecule has 0 radical (unpaired) electrons. The van der Waals surface area contributed by atoms with Crippen molar-refractivity contribution in [2.24, 2.45) is 0 Å². The molecule has 0 atom stereocenters. The van der Waals surface area contributed by atoms with Crippen LogP contribution in [0.3, 0.4) is 0 Å². The number of rotatable bonds is 3. The first kappa shape index (κ1) is 8.74. The highest BCUT2D eigenvalue weighted by atomic mass is 16.6. The number of hydrogen-bond donors (Lipinski definition) is 1. The summed E-state index contributed by atoms with van der Waals surface area (Å²) >= 11 is 0. The van der Waals surface area contributed by atoms with Gasteiger partial charge in [0.25, 0.3) is 0 Å². The lowest BCUT2D eigenvalue weighted by atomic mass is 10.3. The van der Waals surface area contributed by atoms with E-state index in [1.54, 1.807) is 6.07 Å². The second kappa shape index (κ2) is 3.13. The summed E-state index contributed by atoms with van der Waals surface area (Å²) in [5.74, 6) is 0.0114. The van der Waals surface area contributed by atoms with Crippen LogP contribution in [0.4, 0.5) is 11.5 Å². The van der Waals surface area contributed by atoms with Crippen LogP contribution in [0, 0.1) is 10.1 Å². The molecule has 1 saturated carbocycles. The highest BCUT2D eigenvalue weighted by molar-refractivity contribution is 5.62. The van der Waals surface area contributed by atoms with Crippen LogP contribution in [0.1, 0.15) is 12.8 Å². The maximum absolute atomic E-state index is 10.5. The van der Waals surface area contributed by atoms with Gasteiger partial charge < -0.3 is 20.6 Å². The van der Waals surface area contributed by atoms with E-state index < -0.39 is 4.92 Å². The monoisotopic (exact) mass is 195 g/mol. The average Bonchev–Trinajstić information content (AvgIpc) is 2.92. The third-order valence-electron chi connectivity index (χ3n) is 1.92. The van der Waals surface area contributed by atoms with Crippen LogP contribution < -0.4 is 10.5 Å². The molecule has 6 heteroatoms. The molecular formula is C8H9N3O3. The Morgan fingerprint density at radius 2 is 2.36 bits per heavy atom. The number of anilines is 1. The van der Waals surface area contributed by atoms with E-state index in [-0.39, 0.29) is 17.6 Å². The van der Waals surface area contributed by atoms with Crippen molar-refractivity contribution in [2.45, 2.75) is 18.9 Å². The molecule has 1 heterocycles. The van der Waals surface area contributed by atoms with Crippen molar-refractivity contribution in [3.63, 3.8) is 0 Å². The van der Waals surface area contributed by atoms with Gasteiger partial charge in [0.05, 0.1) is 6.10 Å². The molecule has 0 aliphatic heterocycles. The predicted octanol–water partition coefficient (Wildman–Crippen LogP) is 1.11. The summed E-state index contributed by atoms with van der Waals surface area (Å²) in [5.41, 5.74) is 5.54. The van der Waals surface area contributed by atoms with Gasteiger partial charge in [0, 0.05) is 6.07 Å². The maximum atomic E-state index is 10.5. The molecule has 0 aromatic carbocycles. The molecule has 6 nitrogen and oxygen atoms in total. The summed E-state index contributed by atoms with van der Waals surface area (Å²) in [5, 5.41) is 10.5. The largest absolute Gasteiger partial charge is 0.488 e. The first-order valence-electron chi connectivity index (χ1n) is 4.24. The van der Waals surface area contributed by atoms with Crippen molar-refractivity contribution >= 4 is 11.5 Å². The summed E-state index contributed by atoms with van der Waals surface area (Å²) < 4.78 is 5.38. The average molecular weight is 195 g/mol. The Hall–Kier alpha value is -1.85. The Bertz CT molecular complexity index is 376. The minimum absolute atomic E-state index is 0.00407. The fourth-order valence-corrected chi connectivity index (χ4v) is 1.06. The van der Waals surface area contributed by atoms with E-state index in [0.717, 1.165) is 12.8 Å². The van der Waals surface area contributed by atoms with Gasteiger partial charge in [-0.3, -0.25) is 0 Å². The predicted molar refractivity (Wildman–Crippen MR) is 49.0 cm³/mol. The van der Waals surface area contributed by atoms with Gasteiger partial charge in [-0.1, -0.05) is 0 Å². The number of nitro groups is 1. The molecular weight excluding hydrogens is 186 g/mol. The van der Waals surface area contributed by atoms with E-state index in [9.17, 15) is 10.1 Å². The summed E-state index contributed by atoms with van der Waals surface area (Å²) in [4.78, 5) is 13.4. The molecule has 74 valence electrons. The highest BCUT2D eigenvalue weighted by Gasteiger charge is 2.26. The van der Waals surface area contributed by atoms with Crippen LogP contribution in [0.15, 0.2) is 12.3 Å². The Balaban J connectivity index is 2.30. The lowest BCUT2D eigenvalue weighted by Crippen LogP contribution is -2.04. The van der Waals surface area contributed by atoms with Gasteiger partial charge in [-0.05, 0) is 22.7 Å². The van der Waals surface area contributed by atoms with Crippen molar-refractivity contribution < 1.29 is 9.66 Å². The van der Waals surface area contributed by atoms with Crippen LogP contribution in [0.2, 0.25) is 0 Å².